The summed E-state index contributed by atoms with van der Waals surface area (Å²) in [6, 6.07) is 63.1. The highest BCUT2D eigenvalue weighted by Crippen LogP contribution is 2.55. The van der Waals surface area contributed by atoms with Crippen molar-refractivity contribution in [2.24, 2.45) is 0 Å². The summed E-state index contributed by atoms with van der Waals surface area (Å²) in [5.41, 5.74) is 18.6. The number of aryl methyl sites for hydroxylation is 2. The van der Waals surface area contributed by atoms with Crippen molar-refractivity contribution in [1.82, 2.24) is 0 Å². The van der Waals surface area contributed by atoms with Gasteiger partial charge in [-0.2, -0.15) is 0 Å². The fourth-order valence-electron chi connectivity index (χ4n) is 9.70. The Morgan fingerprint density at radius 1 is 0.365 bits per heavy atom. The average molecular weight is 671 g/mol. The van der Waals surface area contributed by atoms with E-state index >= 15 is 0 Å². The molecule has 252 valence electrons. The van der Waals surface area contributed by atoms with E-state index in [-0.39, 0.29) is 10.8 Å². The fourth-order valence-corrected chi connectivity index (χ4v) is 9.70. The van der Waals surface area contributed by atoms with Gasteiger partial charge >= 0.3 is 0 Å². The molecule has 52 heavy (non-hydrogen) atoms. The Bertz CT molecular complexity index is 2400. The van der Waals surface area contributed by atoms with Gasteiger partial charge in [-0.25, -0.2) is 0 Å². The SMILES string of the molecule is CC1(C)c2ccccc2-c2ccc(N(c3ccccc3)c3ccc4c(c3)[C@]3(CCc5ccc(N(c6ccccc6)c6ccccc6)cc53)CC4)cc21. The average Bonchev–Trinajstić information content (AvgIpc) is 3.83. The van der Waals surface area contributed by atoms with Gasteiger partial charge in [0.05, 0.1) is 0 Å². The smallest absolute Gasteiger partial charge is 0.0465 e. The lowest BCUT2D eigenvalue weighted by molar-refractivity contribution is 0.507. The van der Waals surface area contributed by atoms with Crippen LogP contribution >= 0.6 is 0 Å². The number of hydrogen-bond donors (Lipinski definition) is 0. The van der Waals surface area contributed by atoms with Gasteiger partial charge in [0.25, 0.3) is 0 Å². The minimum atomic E-state index is -0.0645. The molecule has 2 nitrogen and oxygen atoms in total. The lowest BCUT2D eigenvalue weighted by Gasteiger charge is -2.32. The third kappa shape index (κ3) is 4.70. The van der Waals surface area contributed by atoms with Crippen LogP contribution in [0.1, 0.15) is 60.1 Å². The van der Waals surface area contributed by atoms with E-state index in [1.54, 1.807) is 0 Å². The van der Waals surface area contributed by atoms with Crippen molar-refractivity contribution in [3.63, 3.8) is 0 Å². The molecule has 0 bridgehead atoms. The van der Waals surface area contributed by atoms with Crippen LogP contribution in [0, 0.1) is 0 Å². The summed E-state index contributed by atoms with van der Waals surface area (Å²) >= 11 is 0. The Labute approximate surface area is 307 Å². The molecule has 0 fully saturated rings. The van der Waals surface area contributed by atoms with Crippen LogP contribution in [0.4, 0.5) is 34.1 Å². The van der Waals surface area contributed by atoms with Crippen molar-refractivity contribution in [2.45, 2.75) is 50.4 Å². The molecule has 0 N–H and O–H groups in total. The highest BCUT2D eigenvalue weighted by Gasteiger charge is 2.45. The molecule has 1 atom stereocenters. The molecular weight excluding hydrogens is 629 g/mol. The number of rotatable bonds is 6. The number of nitrogens with zero attached hydrogens (tertiary/aromatic N) is 2. The molecule has 3 aliphatic carbocycles. The maximum atomic E-state index is 2.54. The Kier molecular flexibility index (Phi) is 7.05. The molecule has 0 saturated carbocycles. The third-order valence-corrected chi connectivity index (χ3v) is 12.2. The van der Waals surface area contributed by atoms with Gasteiger partial charge in [0.15, 0.2) is 0 Å². The maximum absolute atomic E-state index is 2.54. The van der Waals surface area contributed by atoms with E-state index in [1.807, 2.05) is 0 Å². The van der Waals surface area contributed by atoms with Crippen molar-refractivity contribution in [3.8, 4) is 11.1 Å². The Morgan fingerprint density at radius 3 is 1.29 bits per heavy atom. The van der Waals surface area contributed by atoms with Gasteiger partial charge in [-0.05, 0) is 143 Å². The molecule has 0 amide bonds. The van der Waals surface area contributed by atoms with E-state index in [1.165, 1.54) is 78.6 Å². The van der Waals surface area contributed by atoms with Crippen LogP contribution in [0.5, 0.6) is 0 Å². The minimum absolute atomic E-state index is 0.000337. The topological polar surface area (TPSA) is 6.48 Å². The molecule has 7 aromatic rings. The Hall–Kier alpha value is -5.86. The van der Waals surface area contributed by atoms with E-state index in [9.17, 15) is 0 Å². The molecule has 10 rings (SSSR count). The summed E-state index contributed by atoms with van der Waals surface area (Å²) in [4.78, 5) is 4.88. The van der Waals surface area contributed by atoms with E-state index in [2.05, 4.69) is 194 Å². The van der Waals surface area contributed by atoms with Crippen LogP contribution in [0.2, 0.25) is 0 Å². The molecule has 0 heterocycles. The molecule has 0 aliphatic heterocycles. The molecule has 2 heteroatoms. The van der Waals surface area contributed by atoms with Gasteiger partial charge in [-0.1, -0.05) is 111 Å². The number of fused-ring (bicyclic) bond motifs is 7. The predicted octanol–water partition coefficient (Wildman–Crippen LogP) is 13.1. The molecule has 0 saturated heterocycles. The van der Waals surface area contributed by atoms with Crippen LogP contribution in [0.25, 0.3) is 11.1 Å². The van der Waals surface area contributed by atoms with E-state index in [4.69, 9.17) is 0 Å². The van der Waals surface area contributed by atoms with Gasteiger partial charge in [0.2, 0.25) is 0 Å². The van der Waals surface area contributed by atoms with Crippen molar-refractivity contribution < 1.29 is 0 Å². The standard InChI is InChI=1S/C50H42N2/c1-49(2)45-21-13-12-20-43(45)44-27-26-42(34-48(44)49)52(39-18-10-5-11-19-39)41-25-23-36-29-31-50(47(36)33-41)30-28-35-22-24-40(32-46(35)50)51(37-14-6-3-7-15-37)38-16-8-4-9-17-38/h3-27,32-34H,28-31H2,1-2H3/t50-/m1/s1. The van der Waals surface area contributed by atoms with Crippen molar-refractivity contribution in [1.29, 1.82) is 0 Å². The number of para-hydroxylation sites is 3. The minimum Gasteiger partial charge on any atom is -0.310 e. The van der Waals surface area contributed by atoms with Crippen LogP contribution < -0.4 is 9.80 Å². The summed E-state index contributed by atoms with van der Waals surface area (Å²) in [5.74, 6) is 0. The first kappa shape index (κ1) is 30.9. The number of anilines is 6. The van der Waals surface area contributed by atoms with E-state index in [0.717, 1.165) is 25.7 Å². The Balaban J connectivity index is 1.10. The summed E-state index contributed by atoms with van der Waals surface area (Å²) in [7, 11) is 0. The first-order valence-electron chi connectivity index (χ1n) is 18.8. The molecule has 0 aromatic heterocycles. The first-order valence-corrected chi connectivity index (χ1v) is 18.8. The van der Waals surface area contributed by atoms with Crippen molar-refractivity contribution >= 4 is 34.1 Å². The van der Waals surface area contributed by atoms with Gasteiger partial charge in [0.1, 0.15) is 0 Å². The quantitative estimate of drug-likeness (QED) is 0.174. The molecular formula is C50H42N2. The third-order valence-electron chi connectivity index (χ3n) is 12.2. The van der Waals surface area contributed by atoms with Crippen LogP contribution in [-0.4, -0.2) is 0 Å². The second-order valence-electron chi connectivity index (χ2n) is 15.3. The normalized spacial score (nSPS) is 17.3. The lowest BCUT2D eigenvalue weighted by Crippen LogP contribution is -2.22. The predicted molar refractivity (Wildman–Crippen MR) is 217 cm³/mol. The lowest BCUT2D eigenvalue weighted by atomic mass is 9.76. The van der Waals surface area contributed by atoms with Crippen LogP contribution in [0.3, 0.4) is 0 Å². The van der Waals surface area contributed by atoms with E-state index < -0.39 is 0 Å². The molecule has 1 spiro atoms. The highest BCUT2D eigenvalue weighted by atomic mass is 15.1. The fraction of sp³-hybridized carbons (Fsp3) is 0.160. The zero-order chi connectivity index (χ0) is 34.9. The summed E-state index contributed by atoms with van der Waals surface area (Å²) in [6.07, 6.45) is 4.51. The Morgan fingerprint density at radius 2 is 0.769 bits per heavy atom. The van der Waals surface area contributed by atoms with Gasteiger partial charge in [0, 0.05) is 45.0 Å². The second-order valence-corrected chi connectivity index (χ2v) is 15.3. The molecule has 0 unspecified atom stereocenters. The van der Waals surface area contributed by atoms with Crippen molar-refractivity contribution in [2.75, 3.05) is 9.80 Å². The summed E-state index contributed by atoms with van der Waals surface area (Å²) in [6.45, 7) is 4.74. The second kappa shape index (κ2) is 11.9. The van der Waals surface area contributed by atoms with E-state index in [0.29, 0.717) is 0 Å². The summed E-state index contributed by atoms with van der Waals surface area (Å²) < 4.78 is 0. The molecule has 7 aromatic carbocycles. The maximum Gasteiger partial charge on any atom is 0.0465 e. The zero-order valence-electron chi connectivity index (χ0n) is 29.9. The van der Waals surface area contributed by atoms with Crippen LogP contribution in [0.15, 0.2) is 170 Å². The van der Waals surface area contributed by atoms with Crippen molar-refractivity contribution in [3.05, 3.63) is 203 Å². The number of benzene rings is 7. The molecule has 3 aliphatic rings. The van der Waals surface area contributed by atoms with Gasteiger partial charge in [-0.15, -0.1) is 0 Å². The largest absolute Gasteiger partial charge is 0.310 e. The zero-order valence-corrected chi connectivity index (χ0v) is 29.9. The monoisotopic (exact) mass is 670 g/mol. The summed E-state index contributed by atoms with van der Waals surface area (Å²) in [5, 5.41) is 0. The molecule has 0 radical (unpaired) electrons. The number of hydrogen-bond acceptors (Lipinski definition) is 2. The van der Waals surface area contributed by atoms with Gasteiger partial charge in [-0.3, -0.25) is 0 Å². The first-order chi connectivity index (χ1) is 25.5. The highest BCUT2D eigenvalue weighted by molar-refractivity contribution is 5.86. The van der Waals surface area contributed by atoms with Crippen LogP contribution in [-0.2, 0) is 23.7 Å². The van der Waals surface area contributed by atoms with Gasteiger partial charge < -0.3 is 9.80 Å².